The maximum absolute atomic E-state index is 12.8. The molecule has 0 bridgehead atoms. The first-order valence-corrected chi connectivity index (χ1v) is 11.1. The minimum absolute atomic E-state index is 0.136. The van der Waals surface area contributed by atoms with Gasteiger partial charge in [-0.05, 0) is 43.0 Å². The Balaban J connectivity index is 0.00000132. The Kier molecular flexibility index (Phi) is 7.67. The van der Waals surface area contributed by atoms with Crippen LogP contribution in [0, 0.1) is 5.92 Å². The Bertz CT molecular complexity index is 815. The van der Waals surface area contributed by atoms with Gasteiger partial charge in [0.05, 0.1) is 0 Å². The summed E-state index contributed by atoms with van der Waals surface area (Å²) in [5, 5.41) is 2.34. The number of nitrogens with zero attached hydrogens (tertiary/aromatic N) is 2. The minimum Gasteiger partial charge on any atom is -0.372 e. The van der Waals surface area contributed by atoms with Gasteiger partial charge in [-0.2, -0.15) is 0 Å². The zero-order valence-electron chi connectivity index (χ0n) is 18.8. The molecule has 3 aliphatic heterocycles. The van der Waals surface area contributed by atoms with E-state index >= 15 is 0 Å². The number of carbonyl (C=O) groups excluding carboxylic acids is 3. The molecule has 3 heterocycles. The minimum atomic E-state index is -0.577. The molecule has 1 N–H and O–H groups in total. The van der Waals surface area contributed by atoms with Crippen molar-refractivity contribution in [3.8, 4) is 0 Å². The molecule has 3 aliphatic rings. The lowest BCUT2D eigenvalue weighted by Gasteiger charge is -2.36. The van der Waals surface area contributed by atoms with E-state index in [0.29, 0.717) is 24.4 Å². The normalized spacial score (nSPS) is 21.7. The largest absolute Gasteiger partial charge is 0.372 e. The second kappa shape index (κ2) is 10.2. The zero-order chi connectivity index (χ0) is 22.5. The molecule has 170 valence electrons. The number of ether oxygens (including phenoxy) is 2. The number of hydrogen-bond acceptors (Lipinski definition) is 6. The quantitative estimate of drug-likeness (QED) is 0.569. The smallest absolute Gasteiger partial charge is 0.255 e. The summed E-state index contributed by atoms with van der Waals surface area (Å²) in [7, 11) is 3.35. The number of piperidine rings is 2. The van der Waals surface area contributed by atoms with Gasteiger partial charge in [0, 0.05) is 57.4 Å². The maximum Gasteiger partial charge on any atom is 0.255 e. The Morgan fingerprint density at radius 1 is 1.03 bits per heavy atom. The molecular weight excluding hydrogens is 398 g/mol. The predicted molar refractivity (Wildman–Crippen MR) is 117 cm³/mol. The average Bonchev–Trinajstić information content (AvgIpc) is 3.12. The van der Waals surface area contributed by atoms with E-state index in [1.165, 1.54) is 0 Å². The molecule has 2 fully saturated rings. The topological polar surface area (TPSA) is 88.2 Å². The lowest BCUT2D eigenvalue weighted by Crippen LogP contribution is -2.52. The van der Waals surface area contributed by atoms with E-state index in [-0.39, 0.29) is 30.4 Å². The van der Waals surface area contributed by atoms with Crippen LogP contribution < -0.4 is 10.2 Å². The summed E-state index contributed by atoms with van der Waals surface area (Å²) >= 11 is 0. The Hall–Kier alpha value is -2.45. The molecule has 1 unspecified atom stereocenters. The van der Waals surface area contributed by atoms with E-state index in [0.717, 1.165) is 37.2 Å². The number of imide groups is 1. The highest BCUT2D eigenvalue weighted by atomic mass is 16.7. The van der Waals surface area contributed by atoms with Crippen LogP contribution in [0.3, 0.4) is 0 Å². The van der Waals surface area contributed by atoms with Gasteiger partial charge in [-0.3, -0.25) is 19.7 Å². The number of hydrogen-bond donors (Lipinski definition) is 1. The molecule has 0 spiro atoms. The highest BCUT2D eigenvalue weighted by Crippen LogP contribution is 2.32. The molecule has 0 saturated carbocycles. The number of nitrogens with one attached hydrogen (secondary N) is 1. The molecule has 1 aromatic carbocycles. The molecule has 1 aromatic rings. The molecule has 4 rings (SSSR count). The third-order valence-corrected chi connectivity index (χ3v) is 6.26. The van der Waals surface area contributed by atoms with E-state index in [1.807, 2.05) is 26.0 Å². The Morgan fingerprint density at radius 2 is 1.71 bits per heavy atom. The monoisotopic (exact) mass is 431 g/mol. The van der Waals surface area contributed by atoms with Crippen LogP contribution in [-0.2, 0) is 25.6 Å². The van der Waals surface area contributed by atoms with Crippen LogP contribution in [0.1, 0.15) is 55.5 Å². The van der Waals surface area contributed by atoms with Crippen molar-refractivity contribution in [3.63, 3.8) is 0 Å². The molecule has 8 nitrogen and oxygen atoms in total. The van der Waals surface area contributed by atoms with Crippen molar-refractivity contribution >= 4 is 23.4 Å². The highest BCUT2D eigenvalue weighted by molar-refractivity contribution is 6.05. The number of carbonyl (C=O) groups is 3. The summed E-state index contributed by atoms with van der Waals surface area (Å²) in [4.78, 5) is 40.3. The second-order valence-electron chi connectivity index (χ2n) is 7.91. The van der Waals surface area contributed by atoms with Crippen molar-refractivity contribution in [3.05, 3.63) is 29.3 Å². The molecule has 1 atom stereocenters. The summed E-state index contributed by atoms with van der Waals surface area (Å²) in [6.07, 6.45) is 2.43. The standard InChI is InChI=1S/C21H27N3O5.C2H6/c1-28-21(29-2)13-7-9-23(10-8-13)15-3-4-16-14(11-15)12-24(20(16)27)17-5-6-18(25)22-19(17)26;1-2/h3-4,11,13,17,21H,5-10,12H2,1-2H3,(H,22,25,26);1-2H3. The third kappa shape index (κ3) is 4.75. The van der Waals surface area contributed by atoms with E-state index in [9.17, 15) is 14.4 Å². The van der Waals surface area contributed by atoms with E-state index in [2.05, 4.69) is 16.3 Å². The summed E-state index contributed by atoms with van der Waals surface area (Å²) in [6.45, 7) is 6.20. The maximum atomic E-state index is 12.8. The van der Waals surface area contributed by atoms with Crippen LogP contribution in [0.4, 0.5) is 5.69 Å². The zero-order valence-corrected chi connectivity index (χ0v) is 18.8. The van der Waals surface area contributed by atoms with Crippen molar-refractivity contribution in [2.45, 2.75) is 58.4 Å². The van der Waals surface area contributed by atoms with Crippen molar-refractivity contribution in [1.82, 2.24) is 10.2 Å². The molecule has 8 heteroatoms. The van der Waals surface area contributed by atoms with Gasteiger partial charge in [0.15, 0.2) is 6.29 Å². The lowest BCUT2D eigenvalue weighted by molar-refractivity contribution is -0.141. The SMILES string of the molecule is CC.COC(OC)C1CCN(c2ccc3c(c2)CN(C2CCC(=O)NC2=O)C3=O)CC1. The van der Waals surface area contributed by atoms with Gasteiger partial charge in [0.25, 0.3) is 5.91 Å². The van der Waals surface area contributed by atoms with E-state index in [1.54, 1.807) is 19.1 Å². The molecule has 2 saturated heterocycles. The van der Waals surface area contributed by atoms with Gasteiger partial charge < -0.3 is 19.3 Å². The summed E-state index contributed by atoms with van der Waals surface area (Å²) in [5.41, 5.74) is 2.67. The predicted octanol–water partition coefficient (Wildman–Crippen LogP) is 2.31. The summed E-state index contributed by atoms with van der Waals surface area (Å²) in [5.74, 6) is -0.413. The Labute approximate surface area is 183 Å². The number of anilines is 1. The van der Waals surface area contributed by atoms with Gasteiger partial charge in [0.1, 0.15) is 6.04 Å². The van der Waals surface area contributed by atoms with Crippen LogP contribution in [0.5, 0.6) is 0 Å². The summed E-state index contributed by atoms with van der Waals surface area (Å²) in [6, 6.07) is 5.32. The molecule has 0 aromatic heterocycles. The van der Waals surface area contributed by atoms with Crippen LogP contribution in [0.25, 0.3) is 0 Å². The molecule has 0 aliphatic carbocycles. The van der Waals surface area contributed by atoms with Crippen LogP contribution >= 0.6 is 0 Å². The first-order chi connectivity index (χ1) is 15.0. The number of rotatable bonds is 5. The van der Waals surface area contributed by atoms with Gasteiger partial charge in [-0.15, -0.1) is 0 Å². The van der Waals surface area contributed by atoms with Crippen molar-refractivity contribution < 1.29 is 23.9 Å². The van der Waals surface area contributed by atoms with Crippen molar-refractivity contribution in [2.75, 3.05) is 32.2 Å². The third-order valence-electron chi connectivity index (χ3n) is 6.26. The van der Waals surface area contributed by atoms with E-state index < -0.39 is 6.04 Å². The van der Waals surface area contributed by atoms with Crippen molar-refractivity contribution in [1.29, 1.82) is 0 Å². The number of fused-ring (bicyclic) bond motifs is 1. The lowest BCUT2D eigenvalue weighted by atomic mass is 9.95. The van der Waals surface area contributed by atoms with Gasteiger partial charge in [-0.1, -0.05) is 13.8 Å². The summed E-state index contributed by atoms with van der Waals surface area (Å²) < 4.78 is 10.8. The van der Waals surface area contributed by atoms with Gasteiger partial charge in [-0.25, -0.2) is 0 Å². The fourth-order valence-corrected chi connectivity index (χ4v) is 4.67. The first-order valence-electron chi connectivity index (χ1n) is 11.1. The van der Waals surface area contributed by atoms with Crippen LogP contribution in [0.2, 0.25) is 0 Å². The molecule has 31 heavy (non-hydrogen) atoms. The molecule has 0 radical (unpaired) electrons. The van der Waals surface area contributed by atoms with E-state index in [4.69, 9.17) is 9.47 Å². The molecular formula is C23H33N3O5. The highest BCUT2D eigenvalue weighted by Gasteiger charge is 2.39. The number of amides is 3. The van der Waals surface area contributed by atoms with Gasteiger partial charge in [0.2, 0.25) is 11.8 Å². The van der Waals surface area contributed by atoms with Crippen molar-refractivity contribution in [2.24, 2.45) is 5.92 Å². The second-order valence-corrected chi connectivity index (χ2v) is 7.91. The molecule has 3 amide bonds. The van der Waals surface area contributed by atoms with Gasteiger partial charge >= 0.3 is 0 Å². The first kappa shape index (κ1) is 23.2. The number of methoxy groups -OCH3 is 2. The number of benzene rings is 1. The van der Waals surface area contributed by atoms with Crippen LogP contribution in [0.15, 0.2) is 18.2 Å². The average molecular weight is 432 g/mol. The van der Waals surface area contributed by atoms with Crippen LogP contribution in [-0.4, -0.2) is 62.3 Å². The fraction of sp³-hybridized carbons (Fsp3) is 0.609. The fourth-order valence-electron chi connectivity index (χ4n) is 4.67. The Morgan fingerprint density at radius 3 is 2.32 bits per heavy atom.